The number of carbonyl (C=O) groups excluding carboxylic acids is 2. The molecule has 10 heteroatoms. The maximum Gasteiger partial charge on any atom is 0.414 e. The van der Waals surface area contributed by atoms with Crippen LogP contribution in [0.2, 0.25) is 0 Å². The number of nitrogens with zero attached hydrogens (tertiary/aromatic N) is 1. The molecule has 21 heavy (non-hydrogen) atoms. The zero-order chi connectivity index (χ0) is 15.2. The number of hydrogen-bond acceptors (Lipinski definition) is 7. The van der Waals surface area contributed by atoms with Crippen molar-refractivity contribution in [3.8, 4) is 5.19 Å². The molecule has 2 heterocycles. The van der Waals surface area contributed by atoms with Crippen LogP contribution < -0.4 is 15.5 Å². The minimum absolute atomic E-state index is 0.0821. The molecule has 0 fully saturated rings. The lowest BCUT2D eigenvalue weighted by molar-refractivity contribution is -0.128. The van der Waals surface area contributed by atoms with Crippen LogP contribution in [-0.4, -0.2) is 22.2 Å². The summed E-state index contributed by atoms with van der Waals surface area (Å²) in [5, 5.41) is 14.6. The van der Waals surface area contributed by atoms with Crippen LogP contribution in [0.3, 0.4) is 0 Å². The Morgan fingerprint density at radius 3 is 2.86 bits per heavy atom. The fourth-order valence-electron chi connectivity index (χ4n) is 1.34. The molecule has 0 aliphatic rings. The van der Waals surface area contributed by atoms with Crippen molar-refractivity contribution in [1.29, 1.82) is 0 Å². The molecule has 2 aromatic heterocycles. The summed E-state index contributed by atoms with van der Waals surface area (Å²) in [6, 6.07) is 1.90. The van der Waals surface area contributed by atoms with Crippen molar-refractivity contribution in [2.24, 2.45) is 0 Å². The van der Waals surface area contributed by atoms with Crippen LogP contribution in [0.15, 0.2) is 21.3 Å². The summed E-state index contributed by atoms with van der Waals surface area (Å²) in [4.78, 5) is 27.5. The van der Waals surface area contributed by atoms with Crippen molar-refractivity contribution in [2.45, 2.75) is 13.0 Å². The van der Waals surface area contributed by atoms with E-state index in [2.05, 4.69) is 26.2 Å². The molecular weight excluding hydrogens is 382 g/mol. The van der Waals surface area contributed by atoms with E-state index in [1.54, 1.807) is 5.38 Å². The Morgan fingerprint density at radius 2 is 2.19 bits per heavy atom. The van der Waals surface area contributed by atoms with Gasteiger partial charge in [-0.05, 0) is 22.0 Å². The van der Waals surface area contributed by atoms with E-state index in [0.717, 1.165) is 20.7 Å². The average Bonchev–Trinajstić information content (AvgIpc) is 3.05. The van der Waals surface area contributed by atoms with Gasteiger partial charge in [0, 0.05) is 20.1 Å². The standard InChI is InChI=1S/C11H10BrN3O4S2/c12-6-1-8(20-4-6)3-13-10(17)19-11-14-7(5-21-11)2-9(16)15-18/h1,4-5,18H,2-3H2,(H,13,17)(H,15,16). The predicted octanol–water partition coefficient (Wildman–Crippen LogP) is 2.30. The minimum Gasteiger partial charge on any atom is -0.381 e. The van der Waals surface area contributed by atoms with E-state index in [0.29, 0.717) is 12.2 Å². The van der Waals surface area contributed by atoms with Gasteiger partial charge in [-0.15, -0.1) is 11.3 Å². The first-order chi connectivity index (χ1) is 10.1. The highest BCUT2D eigenvalue weighted by atomic mass is 79.9. The molecule has 2 rings (SSSR count). The summed E-state index contributed by atoms with van der Waals surface area (Å²) in [5.74, 6) is -0.584. The summed E-state index contributed by atoms with van der Waals surface area (Å²) in [6.07, 6.45) is -0.701. The number of amides is 2. The van der Waals surface area contributed by atoms with Gasteiger partial charge in [0.15, 0.2) is 0 Å². The van der Waals surface area contributed by atoms with Crippen LogP contribution in [0, 0.1) is 0 Å². The maximum atomic E-state index is 11.6. The van der Waals surface area contributed by atoms with Crippen molar-refractivity contribution >= 4 is 50.6 Å². The van der Waals surface area contributed by atoms with Gasteiger partial charge in [0.1, 0.15) is 0 Å². The van der Waals surface area contributed by atoms with Crippen LogP contribution >= 0.6 is 38.6 Å². The van der Waals surface area contributed by atoms with Gasteiger partial charge in [-0.1, -0.05) is 11.3 Å². The molecular formula is C11H10BrN3O4S2. The second-order valence-corrected chi connectivity index (χ2v) is 6.52. The number of rotatable bonds is 5. The number of hydroxylamine groups is 1. The molecule has 0 saturated heterocycles. The molecule has 0 bridgehead atoms. The third kappa shape index (κ3) is 5.08. The highest BCUT2D eigenvalue weighted by Gasteiger charge is 2.11. The Morgan fingerprint density at radius 1 is 1.38 bits per heavy atom. The quantitative estimate of drug-likeness (QED) is 0.536. The van der Waals surface area contributed by atoms with Crippen LogP contribution in [-0.2, 0) is 17.8 Å². The van der Waals surface area contributed by atoms with Gasteiger partial charge in [-0.2, -0.15) is 0 Å². The topological polar surface area (TPSA) is 101 Å². The molecule has 3 N–H and O–H groups in total. The Balaban J connectivity index is 1.81. The molecule has 0 radical (unpaired) electrons. The molecule has 0 atom stereocenters. The number of ether oxygens (including phenoxy) is 1. The molecule has 0 aromatic carbocycles. The number of nitrogens with one attached hydrogen (secondary N) is 2. The lowest BCUT2D eigenvalue weighted by Gasteiger charge is -2.02. The lowest BCUT2D eigenvalue weighted by atomic mass is 10.3. The van der Waals surface area contributed by atoms with E-state index in [-0.39, 0.29) is 11.6 Å². The summed E-state index contributed by atoms with van der Waals surface area (Å²) >= 11 is 5.94. The predicted molar refractivity (Wildman–Crippen MR) is 80.6 cm³/mol. The normalized spacial score (nSPS) is 10.2. The first-order valence-corrected chi connectivity index (χ1v) is 8.18. The van der Waals surface area contributed by atoms with Gasteiger partial charge >= 0.3 is 6.09 Å². The molecule has 0 aliphatic carbocycles. The lowest BCUT2D eigenvalue weighted by Crippen LogP contribution is -2.25. The highest BCUT2D eigenvalue weighted by Crippen LogP contribution is 2.20. The fraction of sp³-hybridized carbons (Fsp3) is 0.182. The SMILES string of the molecule is O=C(Cc1csc(OC(=O)NCc2cc(Br)cs2)n1)NO. The van der Waals surface area contributed by atoms with E-state index in [1.165, 1.54) is 16.8 Å². The van der Waals surface area contributed by atoms with Gasteiger partial charge in [0.2, 0.25) is 5.91 Å². The minimum atomic E-state index is -0.618. The van der Waals surface area contributed by atoms with Crippen molar-refractivity contribution in [3.63, 3.8) is 0 Å². The van der Waals surface area contributed by atoms with E-state index in [1.807, 2.05) is 11.4 Å². The van der Waals surface area contributed by atoms with E-state index in [9.17, 15) is 9.59 Å². The maximum absolute atomic E-state index is 11.6. The number of hydrogen-bond donors (Lipinski definition) is 3. The Labute approximate surface area is 136 Å². The van der Waals surface area contributed by atoms with E-state index in [4.69, 9.17) is 9.94 Å². The third-order valence-corrected chi connectivity index (χ3v) is 4.67. The van der Waals surface area contributed by atoms with Crippen LogP contribution in [0.5, 0.6) is 5.19 Å². The van der Waals surface area contributed by atoms with Gasteiger partial charge in [0.25, 0.3) is 5.19 Å². The molecule has 0 unspecified atom stereocenters. The van der Waals surface area contributed by atoms with Crippen molar-refractivity contribution in [3.05, 3.63) is 31.9 Å². The number of thiophene rings is 1. The Kier molecular flexibility index (Phi) is 5.67. The van der Waals surface area contributed by atoms with Crippen molar-refractivity contribution in [2.75, 3.05) is 0 Å². The molecule has 2 aromatic rings. The second kappa shape index (κ2) is 7.50. The smallest absolute Gasteiger partial charge is 0.381 e. The van der Waals surface area contributed by atoms with Crippen LogP contribution in [0.1, 0.15) is 10.6 Å². The molecule has 0 aliphatic heterocycles. The van der Waals surface area contributed by atoms with Crippen molar-refractivity contribution < 1.29 is 19.5 Å². The second-order valence-electron chi connectivity index (χ2n) is 3.79. The monoisotopic (exact) mass is 391 g/mol. The first kappa shape index (κ1) is 15.9. The first-order valence-electron chi connectivity index (χ1n) is 5.62. The van der Waals surface area contributed by atoms with E-state index < -0.39 is 12.0 Å². The number of carbonyl (C=O) groups is 2. The van der Waals surface area contributed by atoms with E-state index >= 15 is 0 Å². The van der Waals surface area contributed by atoms with Gasteiger partial charge in [0.05, 0.1) is 18.7 Å². The number of aromatic nitrogens is 1. The summed E-state index contributed by atoms with van der Waals surface area (Å²) in [7, 11) is 0. The third-order valence-electron chi connectivity index (χ3n) is 2.21. The Bertz CT molecular complexity index is 643. The zero-order valence-corrected chi connectivity index (χ0v) is 13.7. The summed E-state index contributed by atoms with van der Waals surface area (Å²) < 4.78 is 5.96. The average molecular weight is 392 g/mol. The van der Waals surface area contributed by atoms with Gasteiger partial charge in [-0.3, -0.25) is 10.0 Å². The van der Waals surface area contributed by atoms with Crippen LogP contribution in [0.4, 0.5) is 4.79 Å². The molecule has 7 nitrogen and oxygen atoms in total. The Hall–Kier alpha value is -1.49. The van der Waals surface area contributed by atoms with Crippen LogP contribution in [0.25, 0.3) is 0 Å². The zero-order valence-electron chi connectivity index (χ0n) is 10.5. The summed E-state index contributed by atoms with van der Waals surface area (Å²) in [6.45, 7) is 0.361. The fourth-order valence-corrected chi connectivity index (χ4v) is 3.40. The van der Waals surface area contributed by atoms with Crippen molar-refractivity contribution in [1.82, 2.24) is 15.8 Å². The number of halogens is 1. The molecule has 112 valence electrons. The largest absolute Gasteiger partial charge is 0.414 e. The molecule has 0 spiro atoms. The molecule has 2 amide bonds. The summed E-state index contributed by atoms with van der Waals surface area (Å²) in [5.41, 5.74) is 1.92. The van der Waals surface area contributed by atoms with Gasteiger partial charge < -0.3 is 10.1 Å². The van der Waals surface area contributed by atoms with Gasteiger partial charge in [-0.25, -0.2) is 15.3 Å². The molecule has 0 saturated carbocycles. The highest BCUT2D eigenvalue weighted by molar-refractivity contribution is 9.10. The number of thiazole rings is 1.